The minimum Gasteiger partial charge on any atom is -0.480 e. The van der Waals surface area contributed by atoms with Crippen LogP contribution in [0.5, 0.6) is 0 Å². The Morgan fingerprint density at radius 3 is 2.53 bits per heavy atom. The largest absolute Gasteiger partial charge is 0.480 e. The second kappa shape index (κ2) is 5.06. The van der Waals surface area contributed by atoms with Gasteiger partial charge in [0.15, 0.2) is 0 Å². The van der Waals surface area contributed by atoms with Crippen LogP contribution in [-0.2, 0) is 19.7 Å². The molecule has 9 heteroatoms. The van der Waals surface area contributed by atoms with Crippen LogP contribution >= 0.6 is 0 Å². The average molecular weight is 292 g/mol. The van der Waals surface area contributed by atoms with Crippen molar-refractivity contribution in [2.75, 3.05) is 13.1 Å². The molecule has 2 aliphatic heterocycles. The number of likely N-dealkylation sites (tertiary alicyclic amines) is 1. The van der Waals surface area contributed by atoms with Crippen LogP contribution in [0.2, 0.25) is 0 Å². The van der Waals surface area contributed by atoms with Crippen LogP contribution in [0.3, 0.4) is 0 Å². The number of nitrogens with one attached hydrogen (secondary N) is 1. The number of rotatable bonds is 3. The van der Waals surface area contributed by atoms with Crippen molar-refractivity contribution in [3.05, 3.63) is 0 Å². The normalized spacial score (nSPS) is 31.6. The van der Waals surface area contributed by atoms with E-state index in [-0.39, 0.29) is 13.0 Å². The molecule has 2 aliphatic rings. The van der Waals surface area contributed by atoms with E-state index in [0.717, 1.165) is 0 Å². The Hall–Kier alpha value is -1.19. The summed E-state index contributed by atoms with van der Waals surface area (Å²) in [5.41, 5.74) is 0. The molecule has 8 nitrogen and oxygen atoms in total. The third-order valence-electron chi connectivity index (χ3n) is 3.63. The molecular weight excluding hydrogens is 276 g/mol. The van der Waals surface area contributed by atoms with Gasteiger partial charge in [-0.2, -0.15) is 8.42 Å². The first kappa shape index (κ1) is 14.2. The maximum atomic E-state index is 12.2. The standard InChI is InChI=1S/C10H16N2O6S/c13-9(12-3-1-2-8(12)10(14)15)7-4-6(5-11-7)19(16,17)18/h6-8,11H,1-5H2,(H,14,15)(H,16,17,18)/t6-,7+,8-/m0/s1. The fourth-order valence-electron chi connectivity index (χ4n) is 2.61. The maximum Gasteiger partial charge on any atom is 0.326 e. The van der Waals surface area contributed by atoms with Gasteiger partial charge >= 0.3 is 5.97 Å². The van der Waals surface area contributed by atoms with Crippen molar-refractivity contribution in [3.63, 3.8) is 0 Å². The number of hydrogen-bond donors (Lipinski definition) is 3. The molecule has 0 bridgehead atoms. The van der Waals surface area contributed by atoms with Crippen molar-refractivity contribution in [1.29, 1.82) is 0 Å². The molecule has 108 valence electrons. The van der Waals surface area contributed by atoms with Crippen molar-refractivity contribution in [2.45, 2.75) is 36.6 Å². The average Bonchev–Trinajstić information content (AvgIpc) is 2.96. The predicted octanol–water partition coefficient (Wildman–Crippen LogP) is -1.32. The highest BCUT2D eigenvalue weighted by molar-refractivity contribution is 7.86. The zero-order valence-corrected chi connectivity index (χ0v) is 11.0. The van der Waals surface area contributed by atoms with Gasteiger partial charge in [0.05, 0.1) is 6.04 Å². The lowest BCUT2D eigenvalue weighted by Gasteiger charge is -2.24. The molecule has 0 aliphatic carbocycles. The number of carboxylic acid groups (broad SMARTS) is 1. The van der Waals surface area contributed by atoms with Crippen LogP contribution in [0, 0.1) is 0 Å². The molecule has 2 rings (SSSR count). The smallest absolute Gasteiger partial charge is 0.326 e. The summed E-state index contributed by atoms with van der Waals surface area (Å²) in [6.07, 6.45) is 1.01. The van der Waals surface area contributed by atoms with E-state index in [9.17, 15) is 18.0 Å². The van der Waals surface area contributed by atoms with Gasteiger partial charge in [0.1, 0.15) is 11.3 Å². The number of hydrogen-bond acceptors (Lipinski definition) is 5. The van der Waals surface area contributed by atoms with E-state index in [0.29, 0.717) is 19.4 Å². The lowest BCUT2D eigenvalue weighted by molar-refractivity contribution is -0.148. The maximum absolute atomic E-state index is 12.2. The van der Waals surface area contributed by atoms with E-state index in [1.807, 2.05) is 0 Å². The van der Waals surface area contributed by atoms with Crippen molar-refractivity contribution < 1.29 is 27.7 Å². The Labute approximate surface area is 110 Å². The Kier molecular flexibility index (Phi) is 3.79. The number of carbonyl (C=O) groups is 2. The minimum atomic E-state index is -4.17. The van der Waals surface area contributed by atoms with Crippen molar-refractivity contribution in [2.24, 2.45) is 0 Å². The SMILES string of the molecule is O=C(O)[C@@H]1CCCN1C(=O)[C@H]1C[C@H](S(=O)(=O)O)CN1. The lowest BCUT2D eigenvalue weighted by Crippen LogP contribution is -2.48. The number of aliphatic carboxylic acids is 1. The van der Waals surface area contributed by atoms with Crippen molar-refractivity contribution >= 4 is 22.0 Å². The van der Waals surface area contributed by atoms with Gasteiger partial charge in [-0.25, -0.2) is 4.79 Å². The number of carbonyl (C=O) groups excluding carboxylic acids is 1. The molecule has 0 unspecified atom stereocenters. The van der Waals surface area contributed by atoms with Gasteiger partial charge in [0.25, 0.3) is 10.1 Å². The first-order chi connectivity index (χ1) is 8.80. The van der Waals surface area contributed by atoms with Gasteiger partial charge in [-0.3, -0.25) is 9.35 Å². The summed E-state index contributed by atoms with van der Waals surface area (Å²) < 4.78 is 30.9. The Morgan fingerprint density at radius 1 is 1.32 bits per heavy atom. The zero-order valence-electron chi connectivity index (χ0n) is 10.2. The first-order valence-corrected chi connectivity index (χ1v) is 7.54. The highest BCUT2D eigenvalue weighted by Gasteiger charge is 2.42. The van der Waals surface area contributed by atoms with Crippen molar-refractivity contribution in [1.82, 2.24) is 10.2 Å². The molecule has 1 amide bonds. The van der Waals surface area contributed by atoms with Crippen molar-refractivity contribution in [3.8, 4) is 0 Å². The van der Waals surface area contributed by atoms with Gasteiger partial charge < -0.3 is 15.3 Å². The Balaban J connectivity index is 2.04. The lowest BCUT2D eigenvalue weighted by atomic mass is 10.1. The van der Waals surface area contributed by atoms with E-state index in [2.05, 4.69) is 5.32 Å². The zero-order chi connectivity index (χ0) is 14.2. The van der Waals surface area contributed by atoms with E-state index >= 15 is 0 Å². The van der Waals surface area contributed by atoms with E-state index in [1.54, 1.807) is 0 Å². The molecule has 0 radical (unpaired) electrons. The number of nitrogens with zero attached hydrogens (tertiary/aromatic N) is 1. The third-order valence-corrected chi connectivity index (χ3v) is 4.83. The Bertz CT molecular complexity index is 490. The predicted molar refractivity (Wildman–Crippen MR) is 64.1 cm³/mol. The van der Waals surface area contributed by atoms with E-state index < -0.39 is 39.3 Å². The van der Waals surface area contributed by atoms with Crippen LogP contribution < -0.4 is 5.32 Å². The van der Waals surface area contributed by atoms with Crippen LogP contribution in [0.4, 0.5) is 0 Å². The van der Waals surface area contributed by atoms with Gasteiger partial charge in [0, 0.05) is 13.1 Å². The van der Waals surface area contributed by atoms with Crippen LogP contribution in [0.25, 0.3) is 0 Å². The van der Waals surface area contributed by atoms with Gasteiger partial charge in [-0.1, -0.05) is 0 Å². The van der Waals surface area contributed by atoms with E-state index in [4.69, 9.17) is 9.66 Å². The minimum absolute atomic E-state index is 0.000812. The molecular formula is C10H16N2O6S. The summed E-state index contributed by atoms with van der Waals surface area (Å²) in [7, 11) is -4.17. The van der Waals surface area contributed by atoms with Gasteiger partial charge in [0.2, 0.25) is 5.91 Å². The van der Waals surface area contributed by atoms with Gasteiger partial charge in [-0.05, 0) is 19.3 Å². The number of amides is 1. The summed E-state index contributed by atoms with van der Waals surface area (Å²) in [5.74, 6) is -1.45. The fourth-order valence-corrected chi connectivity index (χ4v) is 3.35. The summed E-state index contributed by atoms with van der Waals surface area (Å²) in [6.45, 7) is 0.366. The summed E-state index contributed by atoms with van der Waals surface area (Å²) in [6, 6.07) is -1.58. The van der Waals surface area contributed by atoms with Crippen LogP contribution in [0.1, 0.15) is 19.3 Å². The monoisotopic (exact) mass is 292 g/mol. The second-order valence-corrected chi connectivity index (χ2v) is 6.56. The number of carboxylic acids is 1. The fraction of sp³-hybridized carbons (Fsp3) is 0.800. The topological polar surface area (TPSA) is 124 Å². The molecule has 0 aromatic carbocycles. The molecule has 19 heavy (non-hydrogen) atoms. The highest BCUT2D eigenvalue weighted by atomic mass is 32.2. The summed E-state index contributed by atoms with van der Waals surface area (Å²) in [4.78, 5) is 24.4. The quantitative estimate of drug-likeness (QED) is 0.551. The van der Waals surface area contributed by atoms with Crippen LogP contribution in [-0.4, -0.2) is 65.3 Å². The summed E-state index contributed by atoms with van der Waals surface area (Å²) >= 11 is 0. The molecule has 3 atom stereocenters. The highest BCUT2D eigenvalue weighted by Crippen LogP contribution is 2.22. The Morgan fingerprint density at radius 2 is 2.00 bits per heavy atom. The molecule has 2 saturated heterocycles. The molecule has 0 aromatic heterocycles. The molecule has 3 N–H and O–H groups in total. The van der Waals surface area contributed by atoms with Gasteiger partial charge in [-0.15, -0.1) is 0 Å². The molecule has 2 heterocycles. The summed E-state index contributed by atoms with van der Waals surface area (Å²) in [5, 5.41) is 10.7. The molecule has 2 fully saturated rings. The molecule has 0 aromatic rings. The molecule has 0 spiro atoms. The second-order valence-electron chi connectivity index (χ2n) is 4.86. The first-order valence-electron chi connectivity index (χ1n) is 6.03. The molecule has 0 saturated carbocycles. The van der Waals surface area contributed by atoms with E-state index in [1.165, 1.54) is 4.90 Å². The third kappa shape index (κ3) is 2.88. The van der Waals surface area contributed by atoms with Crippen LogP contribution in [0.15, 0.2) is 0 Å².